The molecule has 1 N–H and O–H groups in total. The van der Waals surface area contributed by atoms with Crippen LogP contribution in [0.5, 0.6) is 11.6 Å². The number of anilines is 1. The summed E-state index contributed by atoms with van der Waals surface area (Å²) >= 11 is 0. The topological polar surface area (TPSA) is 60.5 Å². The van der Waals surface area contributed by atoms with Crippen molar-refractivity contribution in [3.8, 4) is 11.6 Å². The lowest BCUT2D eigenvalue weighted by atomic mass is 10.2. The Morgan fingerprint density at radius 2 is 1.89 bits per heavy atom. The Morgan fingerprint density at radius 3 is 2.70 bits per heavy atom. The van der Waals surface area contributed by atoms with Crippen LogP contribution in [0.1, 0.15) is 15.9 Å². The summed E-state index contributed by atoms with van der Waals surface area (Å²) in [6.07, 6.45) is 3.22. The van der Waals surface area contributed by atoms with Crippen LogP contribution in [0.25, 0.3) is 0 Å². The molecule has 1 amide bonds. The first kappa shape index (κ1) is 18.2. The normalized spacial score (nSPS) is 10.1. The zero-order valence-corrected chi connectivity index (χ0v) is 14.8. The van der Waals surface area contributed by atoms with Crippen LogP contribution in [0.2, 0.25) is 0 Å². The van der Waals surface area contributed by atoms with Crippen molar-refractivity contribution in [1.29, 1.82) is 0 Å². The third kappa shape index (κ3) is 5.44. The average Bonchev–Trinajstić information content (AvgIpc) is 2.72. The molecule has 0 atom stereocenters. The van der Waals surface area contributed by atoms with Crippen LogP contribution in [0.4, 0.5) is 5.69 Å². The van der Waals surface area contributed by atoms with Crippen molar-refractivity contribution < 1.29 is 14.3 Å². The maximum Gasteiger partial charge on any atom is 0.255 e. The Balaban J connectivity index is 1.64. The summed E-state index contributed by atoms with van der Waals surface area (Å²) in [5.74, 6) is 0.812. The number of carbonyl (C=O) groups excluding carboxylic acids is 1. The molecule has 3 aromatic rings. The number of nitrogens with zero attached hydrogens (tertiary/aromatic N) is 1. The van der Waals surface area contributed by atoms with Crippen LogP contribution >= 0.6 is 0 Å². The molecule has 1 heterocycles. The summed E-state index contributed by atoms with van der Waals surface area (Å²) in [6, 6.07) is 20.2. The van der Waals surface area contributed by atoms with E-state index < -0.39 is 0 Å². The molecule has 3 rings (SSSR count). The minimum Gasteiger partial charge on any atom is -0.489 e. The highest BCUT2D eigenvalue weighted by atomic mass is 16.5. The summed E-state index contributed by atoms with van der Waals surface area (Å²) in [7, 11) is 0. The molecule has 0 spiro atoms. The van der Waals surface area contributed by atoms with Crippen molar-refractivity contribution in [2.45, 2.75) is 6.61 Å². The Hall–Kier alpha value is -3.60. The molecule has 0 bridgehead atoms. The van der Waals surface area contributed by atoms with Gasteiger partial charge in [-0.25, -0.2) is 4.98 Å². The smallest absolute Gasteiger partial charge is 0.255 e. The van der Waals surface area contributed by atoms with Crippen LogP contribution in [0, 0.1) is 0 Å². The molecule has 0 radical (unpaired) electrons. The van der Waals surface area contributed by atoms with E-state index in [2.05, 4.69) is 16.9 Å². The third-order valence-corrected chi connectivity index (χ3v) is 3.69. The van der Waals surface area contributed by atoms with Gasteiger partial charge in [-0.15, -0.1) is 0 Å². The molecule has 0 saturated heterocycles. The standard InChI is InChI=1S/C22H20N2O3/c1-2-13-26-20-10-6-9-19(15-20)24-22(25)18-11-12-23-21(14-18)27-16-17-7-4-3-5-8-17/h2-12,14-15H,1,13,16H2,(H,24,25). The van der Waals surface area contributed by atoms with Crippen LogP contribution in [0.15, 0.2) is 85.6 Å². The molecule has 0 saturated carbocycles. The Morgan fingerprint density at radius 1 is 1.04 bits per heavy atom. The lowest BCUT2D eigenvalue weighted by Crippen LogP contribution is -2.12. The molecule has 0 aliphatic carbocycles. The van der Waals surface area contributed by atoms with E-state index in [9.17, 15) is 4.79 Å². The van der Waals surface area contributed by atoms with Crippen LogP contribution < -0.4 is 14.8 Å². The molecule has 2 aromatic carbocycles. The van der Waals surface area contributed by atoms with E-state index in [1.54, 1.807) is 36.5 Å². The third-order valence-electron chi connectivity index (χ3n) is 3.69. The summed E-state index contributed by atoms with van der Waals surface area (Å²) < 4.78 is 11.2. The number of pyridine rings is 1. The molecule has 1 aromatic heterocycles. The fraction of sp³-hybridized carbons (Fsp3) is 0.0909. The van der Waals surface area contributed by atoms with Gasteiger partial charge in [-0.2, -0.15) is 0 Å². The fourth-order valence-electron chi connectivity index (χ4n) is 2.38. The quantitative estimate of drug-likeness (QED) is 0.602. The number of ether oxygens (including phenoxy) is 2. The van der Waals surface area contributed by atoms with E-state index in [1.165, 1.54) is 0 Å². The molecule has 0 fully saturated rings. The highest BCUT2D eigenvalue weighted by Gasteiger charge is 2.09. The van der Waals surface area contributed by atoms with E-state index in [-0.39, 0.29) is 5.91 Å². The summed E-state index contributed by atoms with van der Waals surface area (Å²) in [5, 5.41) is 2.85. The lowest BCUT2D eigenvalue weighted by molar-refractivity contribution is 0.102. The van der Waals surface area contributed by atoms with Gasteiger partial charge >= 0.3 is 0 Å². The summed E-state index contributed by atoms with van der Waals surface area (Å²) in [4.78, 5) is 16.7. The van der Waals surface area contributed by atoms with Gasteiger partial charge in [0.1, 0.15) is 19.0 Å². The average molecular weight is 360 g/mol. The Labute approximate surface area is 158 Å². The minimum absolute atomic E-state index is 0.247. The minimum atomic E-state index is -0.247. The number of hydrogen-bond acceptors (Lipinski definition) is 4. The van der Waals surface area contributed by atoms with Crippen molar-refractivity contribution in [2.24, 2.45) is 0 Å². The SMILES string of the molecule is C=CCOc1cccc(NC(=O)c2ccnc(OCc3ccccc3)c2)c1. The van der Waals surface area contributed by atoms with Gasteiger partial charge in [-0.1, -0.05) is 49.1 Å². The largest absolute Gasteiger partial charge is 0.489 e. The van der Waals surface area contributed by atoms with E-state index in [1.807, 2.05) is 42.5 Å². The zero-order valence-electron chi connectivity index (χ0n) is 14.8. The number of rotatable bonds is 8. The molecule has 0 aliphatic heterocycles. The van der Waals surface area contributed by atoms with E-state index >= 15 is 0 Å². The molecule has 27 heavy (non-hydrogen) atoms. The highest BCUT2D eigenvalue weighted by Crippen LogP contribution is 2.19. The molecule has 5 nitrogen and oxygen atoms in total. The van der Waals surface area contributed by atoms with Gasteiger partial charge in [0.15, 0.2) is 0 Å². The number of hydrogen-bond donors (Lipinski definition) is 1. The molecular weight excluding hydrogens is 340 g/mol. The number of amides is 1. The molecule has 136 valence electrons. The Kier molecular flexibility index (Phi) is 6.20. The number of carbonyl (C=O) groups is 1. The van der Waals surface area contributed by atoms with Gasteiger partial charge in [0.25, 0.3) is 5.91 Å². The zero-order chi connectivity index (χ0) is 18.9. The molecule has 0 unspecified atom stereocenters. The Bertz CT molecular complexity index is 910. The van der Waals surface area contributed by atoms with Gasteiger partial charge in [0.2, 0.25) is 5.88 Å². The van der Waals surface area contributed by atoms with Gasteiger partial charge in [-0.05, 0) is 23.8 Å². The van der Waals surface area contributed by atoms with E-state index in [0.717, 1.165) is 5.56 Å². The monoisotopic (exact) mass is 360 g/mol. The van der Waals surface area contributed by atoms with Gasteiger partial charge in [-0.3, -0.25) is 4.79 Å². The molecule has 0 aliphatic rings. The summed E-state index contributed by atoms with van der Waals surface area (Å²) in [6.45, 7) is 4.41. The summed E-state index contributed by atoms with van der Waals surface area (Å²) in [5.41, 5.74) is 2.14. The number of benzene rings is 2. The van der Waals surface area contributed by atoms with Crippen LogP contribution in [-0.2, 0) is 6.61 Å². The second-order valence-corrected chi connectivity index (χ2v) is 5.74. The maximum atomic E-state index is 12.5. The maximum absolute atomic E-state index is 12.5. The predicted molar refractivity (Wildman–Crippen MR) is 105 cm³/mol. The first-order valence-corrected chi connectivity index (χ1v) is 8.52. The molecule has 5 heteroatoms. The van der Waals surface area contributed by atoms with Crippen molar-refractivity contribution in [1.82, 2.24) is 4.98 Å². The fourth-order valence-corrected chi connectivity index (χ4v) is 2.38. The van der Waals surface area contributed by atoms with Crippen molar-refractivity contribution >= 4 is 11.6 Å². The van der Waals surface area contributed by atoms with Gasteiger partial charge < -0.3 is 14.8 Å². The molecular formula is C22H20N2O3. The van der Waals surface area contributed by atoms with Crippen molar-refractivity contribution in [3.63, 3.8) is 0 Å². The number of nitrogens with one attached hydrogen (secondary N) is 1. The second-order valence-electron chi connectivity index (χ2n) is 5.74. The number of aromatic nitrogens is 1. The van der Waals surface area contributed by atoms with Gasteiger partial charge in [0.05, 0.1) is 0 Å². The van der Waals surface area contributed by atoms with Crippen molar-refractivity contribution in [3.05, 3.63) is 96.7 Å². The van der Waals surface area contributed by atoms with Gasteiger partial charge in [0, 0.05) is 29.6 Å². The second kappa shape index (κ2) is 9.20. The van der Waals surface area contributed by atoms with E-state index in [4.69, 9.17) is 9.47 Å². The highest BCUT2D eigenvalue weighted by molar-refractivity contribution is 6.04. The first-order valence-electron chi connectivity index (χ1n) is 8.52. The van der Waals surface area contributed by atoms with Crippen molar-refractivity contribution in [2.75, 3.05) is 11.9 Å². The van der Waals surface area contributed by atoms with Crippen LogP contribution in [0.3, 0.4) is 0 Å². The first-order chi connectivity index (χ1) is 13.2. The van der Waals surface area contributed by atoms with Crippen LogP contribution in [-0.4, -0.2) is 17.5 Å². The lowest BCUT2D eigenvalue weighted by Gasteiger charge is -2.09. The van der Waals surface area contributed by atoms with E-state index in [0.29, 0.717) is 36.1 Å². The predicted octanol–water partition coefficient (Wildman–Crippen LogP) is 4.48.